The molecule has 0 aliphatic heterocycles. The van der Waals surface area contributed by atoms with Crippen molar-refractivity contribution in [2.45, 2.75) is 19.3 Å². The number of rotatable bonds is 3. The third kappa shape index (κ3) is 2.05. The molecular weight excluding hydrogens is 229 g/mol. The number of halogens is 2. The van der Waals surface area contributed by atoms with Crippen LogP contribution in [0.5, 0.6) is 0 Å². The van der Waals surface area contributed by atoms with Gasteiger partial charge >= 0.3 is 0 Å². The van der Waals surface area contributed by atoms with Crippen LogP contribution in [-0.2, 0) is 4.84 Å². The minimum absolute atomic E-state index is 0.146. The molecule has 0 heterocycles. The van der Waals surface area contributed by atoms with E-state index in [9.17, 15) is 4.39 Å². The third-order valence-electron chi connectivity index (χ3n) is 2.93. The molecule has 2 rings (SSSR count). The van der Waals surface area contributed by atoms with E-state index in [1.54, 1.807) is 12.1 Å². The Morgan fingerprint density at radius 1 is 1.56 bits per heavy atom. The van der Waals surface area contributed by atoms with E-state index < -0.39 is 0 Å². The van der Waals surface area contributed by atoms with Crippen molar-refractivity contribution in [3.63, 3.8) is 0 Å². The van der Waals surface area contributed by atoms with Gasteiger partial charge in [-0.1, -0.05) is 22.8 Å². The van der Waals surface area contributed by atoms with Crippen molar-refractivity contribution in [3.05, 3.63) is 34.6 Å². The molecule has 0 aromatic heterocycles. The Labute approximate surface area is 99.0 Å². The summed E-state index contributed by atoms with van der Waals surface area (Å²) in [5, 5.41) is 4.37. The van der Waals surface area contributed by atoms with Gasteiger partial charge in [-0.05, 0) is 31.4 Å². The molecule has 2 unspecified atom stereocenters. The van der Waals surface area contributed by atoms with Crippen LogP contribution in [0.4, 0.5) is 4.39 Å². The third-order valence-corrected chi connectivity index (χ3v) is 3.26. The van der Waals surface area contributed by atoms with Crippen molar-refractivity contribution in [1.82, 2.24) is 0 Å². The van der Waals surface area contributed by atoms with Crippen LogP contribution in [0.1, 0.15) is 24.8 Å². The van der Waals surface area contributed by atoms with E-state index in [1.807, 2.05) is 6.92 Å². The highest BCUT2D eigenvalue weighted by Gasteiger charge is 2.43. The minimum Gasteiger partial charge on any atom is -0.399 e. The van der Waals surface area contributed by atoms with Crippen LogP contribution >= 0.6 is 11.6 Å². The van der Waals surface area contributed by atoms with Gasteiger partial charge in [-0.25, -0.2) is 4.39 Å². The number of benzene rings is 1. The number of hydrogen-bond donors (Lipinski definition) is 0. The Balaban J connectivity index is 2.20. The SMILES string of the molecule is CON=C(C)C1CC1c1c(F)cccc1Cl. The molecule has 0 amide bonds. The first-order valence-corrected chi connectivity index (χ1v) is 5.54. The molecule has 1 fully saturated rings. The highest BCUT2D eigenvalue weighted by molar-refractivity contribution is 6.31. The van der Waals surface area contributed by atoms with Crippen molar-refractivity contribution in [2.24, 2.45) is 11.1 Å². The molecule has 0 spiro atoms. The molecule has 0 bridgehead atoms. The number of hydrogen-bond acceptors (Lipinski definition) is 2. The summed E-state index contributed by atoms with van der Waals surface area (Å²) in [5.41, 5.74) is 1.51. The zero-order valence-electron chi connectivity index (χ0n) is 9.21. The summed E-state index contributed by atoms with van der Waals surface area (Å²) in [4.78, 5) is 4.71. The lowest BCUT2D eigenvalue weighted by Gasteiger charge is -2.04. The Hall–Kier alpha value is -1.09. The standard InChI is InChI=1S/C12H13ClFNO/c1-7(15-16-2)8-6-9(8)12-10(13)4-3-5-11(12)14/h3-5,8-9H,6H2,1-2H3. The van der Waals surface area contributed by atoms with Crippen LogP contribution in [0, 0.1) is 11.7 Å². The topological polar surface area (TPSA) is 21.6 Å². The molecule has 0 radical (unpaired) electrons. The number of nitrogens with zero attached hydrogens (tertiary/aromatic N) is 1. The van der Waals surface area contributed by atoms with Gasteiger partial charge in [0.2, 0.25) is 0 Å². The fraction of sp³-hybridized carbons (Fsp3) is 0.417. The van der Waals surface area contributed by atoms with Crippen LogP contribution in [0.15, 0.2) is 23.4 Å². The molecule has 0 N–H and O–H groups in total. The average molecular weight is 242 g/mol. The van der Waals surface area contributed by atoms with Gasteiger partial charge in [0.25, 0.3) is 0 Å². The van der Waals surface area contributed by atoms with Crippen molar-refractivity contribution in [2.75, 3.05) is 7.11 Å². The normalized spacial score (nSPS) is 24.4. The second-order valence-corrected chi connectivity index (χ2v) is 4.41. The first-order valence-electron chi connectivity index (χ1n) is 5.16. The van der Waals surface area contributed by atoms with Crippen LogP contribution in [-0.4, -0.2) is 12.8 Å². The highest BCUT2D eigenvalue weighted by atomic mass is 35.5. The van der Waals surface area contributed by atoms with E-state index in [4.69, 9.17) is 16.4 Å². The summed E-state index contributed by atoms with van der Waals surface area (Å²) < 4.78 is 13.6. The predicted molar refractivity (Wildman–Crippen MR) is 62.4 cm³/mol. The van der Waals surface area contributed by atoms with Crippen LogP contribution in [0.2, 0.25) is 5.02 Å². The van der Waals surface area contributed by atoms with Gasteiger partial charge in [0, 0.05) is 16.5 Å². The van der Waals surface area contributed by atoms with E-state index in [0.29, 0.717) is 10.6 Å². The maximum absolute atomic E-state index is 13.6. The molecule has 1 aliphatic rings. The van der Waals surface area contributed by atoms with Crippen LogP contribution < -0.4 is 0 Å². The van der Waals surface area contributed by atoms with Gasteiger partial charge in [-0.3, -0.25) is 0 Å². The van der Waals surface area contributed by atoms with Crippen molar-refractivity contribution < 1.29 is 9.23 Å². The first kappa shape index (κ1) is 11.4. The van der Waals surface area contributed by atoms with Gasteiger partial charge in [0.05, 0.1) is 5.71 Å². The monoisotopic (exact) mass is 241 g/mol. The van der Waals surface area contributed by atoms with Gasteiger partial charge in [-0.15, -0.1) is 0 Å². The molecular formula is C12H13ClFNO. The van der Waals surface area contributed by atoms with E-state index in [-0.39, 0.29) is 17.7 Å². The molecule has 4 heteroatoms. The zero-order chi connectivity index (χ0) is 11.7. The average Bonchev–Trinajstić information content (AvgIpc) is 2.98. The van der Waals surface area contributed by atoms with Crippen molar-refractivity contribution in [3.8, 4) is 0 Å². The van der Waals surface area contributed by atoms with E-state index in [2.05, 4.69) is 5.16 Å². The summed E-state index contributed by atoms with van der Waals surface area (Å²) in [6, 6.07) is 4.78. The van der Waals surface area contributed by atoms with Gasteiger partial charge in [0.15, 0.2) is 0 Å². The summed E-state index contributed by atoms with van der Waals surface area (Å²) in [7, 11) is 1.51. The van der Waals surface area contributed by atoms with Crippen molar-refractivity contribution in [1.29, 1.82) is 0 Å². The molecule has 1 aliphatic carbocycles. The summed E-state index contributed by atoms with van der Waals surface area (Å²) in [6.07, 6.45) is 0.888. The molecule has 2 nitrogen and oxygen atoms in total. The first-order chi connectivity index (χ1) is 7.65. The Kier molecular flexibility index (Phi) is 3.15. The Morgan fingerprint density at radius 3 is 2.94 bits per heavy atom. The highest BCUT2D eigenvalue weighted by Crippen LogP contribution is 2.51. The Morgan fingerprint density at radius 2 is 2.31 bits per heavy atom. The van der Waals surface area contributed by atoms with E-state index in [1.165, 1.54) is 13.2 Å². The zero-order valence-corrected chi connectivity index (χ0v) is 9.96. The van der Waals surface area contributed by atoms with Crippen LogP contribution in [0.25, 0.3) is 0 Å². The molecule has 0 saturated heterocycles. The minimum atomic E-state index is -0.231. The second-order valence-electron chi connectivity index (χ2n) is 4.00. The maximum atomic E-state index is 13.6. The van der Waals surface area contributed by atoms with Gasteiger partial charge in [0.1, 0.15) is 12.9 Å². The van der Waals surface area contributed by atoms with Crippen molar-refractivity contribution >= 4 is 17.3 Å². The largest absolute Gasteiger partial charge is 0.399 e. The lowest BCUT2D eigenvalue weighted by atomic mass is 10.1. The fourth-order valence-corrected chi connectivity index (χ4v) is 2.36. The van der Waals surface area contributed by atoms with Crippen LogP contribution in [0.3, 0.4) is 0 Å². The lowest BCUT2D eigenvalue weighted by Crippen LogP contribution is -1.99. The molecule has 1 aromatic carbocycles. The van der Waals surface area contributed by atoms with Gasteiger partial charge in [-0.2, -0.15) is 0 Å². The molecule has 1 saturated carbocycles. The summed E-state index contributed by atoms with van der Waals surface area (Å²) in [5.74, 6) is 0.173. The second kappa shape index (κ2) is 4.42. The summed E-state index contributed by atoms with van der Waals surface area (Å²) in [6.45, 7) is 1.89. The molecule has 16 heavy (non-hydrogen) atoms. The quantitative estimate of drug-likeness (QED) is 0.585. The lowest BCUT2D eigenvalue weighted by molar-refractivity contribution is 0.212. The predicted octanol–water partition coefficient (Wildman–Crippen LogP) is 3.60. The Bertz CT molecular complexity index is 413. The van der Waals surface area contributed by atoms with E-state index >= 15 is 0 Å². The maximum Gasteiger partial charge on any atom is 0.128 e. The van der Waals surface area contributed by atoms with E-state index in [0.717, 1.165) is 12.1 Å². The molecule has 1 aromatic rings. The molecule has 2 atom stereocenters. The molecule has 86 valence electrons. The smallest absolute Gasteiger partial charge is 0.128 e. The summed E-state index contributed by atoms with van der Waals surface area (Å²) >= 11 is 6.00. The van der Waals surface area contributed by atoms with Gasteiger partial charge < -0.3 is 4.84 Å². The fourth-order valence-electron chi connectivity index (χ4n) is 2.05. The number of oxime groups is 1.